The molecule has 4 nitrogen and oxygen atoms in total. The Hall–Kier alpha value is -1.26. The molecule has 18 heavy (non-hydrogen) atoms. The van der Waals surface area contributed by atoms with Gasteiger partial charge in [0.05, 0.1) is 12.7 Å². The average molecular weight is 249 g/mol. The van der Waals surface area contributed by atoms with Crippen LogP contribution in [0, 0.1) is 6.92 Å². The second-order valence-corrected chi connectivity index (χ2v) is 4.84. The summed E-state index contributed by atoms with van der Waals surface area (Å²) in [5.41, 5.74) is 8.91. The Bertz CT molecular complexity index is 395. The van der Waals surface area contributed by atoms with Gasteiger partial charge in [0.25, 0.3) is 0 Å². The van der Waals surface area contributed by atoms with Gasteiger partial charge in [0.2, 0.25) is 0 Å². The molecular formula is C14H23N3O. The summed E-state index contributed by atoms with van der Waals surface area (Å²) in [6.45, 7) is 9.09. The molecule has 1 aliphatic rings. The van der Waals surface area contributed by atoms with Crippen molar-refractivity contribution < 1.29 is 4.74 Å². The number of ether oxygens (including phenoxy) is 1. The molecule has 0 aliphatic carbocycles. The van der Waals surface area contributed by atoms with Crippen LogP contribution in [-0.4, -0.2) is 43.8 Å². The third-order valence-corrected chi connectivity index (χ3v) is 3.45. The SMILES string of the molecule is CCN1CCOC(CNc2cc(N)ccc2C)C1. The molecule has 1 aromatic carbocycles. The van der Waals surface area contributed by atoms with Crippen molar-refractivity contribution in [2.45, 2.75) is 20.0 Å². The minimum absolute atomic E-state index is 0.263. The number of hydrogen-bond acceptors (Lipinski definition) is 4. The number of morpholine rings is 1. The zero-order chi connectivity index (χ0) is 13.0. The summed E-state index contributed by atoms with van der Waals surface area (Å²) in [5, 5.41) is 3.44. The summed E-state index contributed by atoms with van der Waals surface area (Å²) >= 11 is 0. The van der Waals surface area contributed by atoms with Crippen molar-refractivity contribution in [3.05, 3.63) is 23.8 Å². The van der Waals surface area contributed by atoms with E-state index < -0.39 is 0 Å². The fourth-order valence-electron chi connectivity index (χ4n) is 2.24. The molecule has 100 valence electrons. The minimum Gasteiger partial charge on any atom is -0.399 e. The van der Waals surface area contributed by atoms with E-state index >= 15 is 0 Å². The molecule has 1 heterocycles. The van der Waals surface area contributed by atoms with Crippen LogP contribution in [0.3, 0.4) is 0 Å². The third-order valence-electron chi connectivity index (χ3n) is 3.45. The highest BCUT2D eigenvalue weighted by Crippen LogP contribution is 2.18. The van der Waals surface area contributed by atoms with Crippen molar-refractivity contribution in [3.63, 3.8) is 0 Å². The first-order valence-corrected chi connectivity index (χ1v) is 6.63. The first kappa shape index (κ1) is 13.2. The fourth-order valence-corrected chi connectivity index (χ4v) is 2.24. The van der Waals surface area contributed by atoms with E-state index in [4.69, 9.17) is 10.5 Å². The molecule has 1 aromatic rings. The van der Waals surface area contributed by atoms with E-state index in [-0.39, 0.29) is 6.10 Å². The number of nitrogens with one attached hydrogen (secondary N) is 1. The number of aryl methyl sites for hydroxylation is 1. The molecule has 4 heteroatoms. The molecule has 1 atom stereocenters. The van der Waals surface area contributed by atoms with Crippen molar-refractivity contribution in [3.8, 4) is 0 Å². The molecule has 1 fully saturated rings. The van der Waals surface area contributed by atoms with Gasteiger partial charge in [0.1, 0.15) is 0 Å². The Morgan fingerprint density at radius 1 is 1.50 bits per heavy atom. The van der Waals surface area contributed by atoms with Gasteiger partial charge in [-0.25, -0.2) is 0 Å². The van der Waals surface area contributed by atoms with E-state index in [0.717, 1.165) is 44.2 Å². The van der Waals surface area contributed by atoms with E-state index in [1.807, 2.05) is 18.2 Å². The second-order valence-electron chi connectivity index (χ2n) is 4.84. The number of benzene rings is 1. The van der Waals surface area contributed by atoms with Gasteiger partial charge in [-0.1, -0.05) is 13.0 Å². The first-order chi connectivity index (χ1) is 8.69. The van der Waals surface area contributed by atoms with Crippen molar-refractivity contribution in [2.24, 2.45) is 0 Å². The van der Waals surface area contributed by atoms with Crippen LogP contribution in [0.5, 0.6) is 0 Å². The summed E-state index contributed by atoms with van der Waals surface area (Å²) in [4.78, 5) is 2.42. The van der Waals surface area contributed by atoms with Crippen LogP contribution in [0.2, 0.25) is 0 Å². The summed E-state index contributed by atoms with van der Waals surface area (Å²) < 4.78 is 5.77. The van der Waals surface area contributed by atoms with Crippen LogP contribution in [-0.2, 0) is 4.74 Å². The number of likely N-dealkylation sites (N-methyl/N-ethyl adjacent to an activating group) is 1. The lowest BCUT2D eigenvalue weighted by Crippen LogP contribution is -2.45. The Balaban J connectivity index is 1.89. The predicted octanol–water partition coefficient (Wildman–Crippen LogP) is 1.71. The zero-order valence-electron chi connectivity index (χ0n) is 11.3. The van der Waals surface area contributed by atoms with Gasteiger partial charge in [-0.05, 0) is 31.2 Å². The minimum atomic E-state index is 0.263. The first-order valence-electron chi connectivity index (χ1n) is 6.63. The Morgan fingerprint density at radius 3 is 3.11 bits per heavy atom. The Labute approximate surface area is 109 Å². The van der Waals surface area contributed by atoms with E-state index in [2.05, 4.69) is 24.1 Å². The van der Waals surface area contributed by atoms with Crippen molar-refractivity contribution in [1.82, 2.24) is 4.90 Å². The molecule has 1 saturated heterocycles. The van der Waals surface area contributed by atoms with Crippen LogP contribution < -0.4 is 11.1 Å². The van der Waals surface area contributed by atoms with Crippen molar-refractivity contribution >= 4 is 11.4 Å². The molecule has 3 N–H and O–H groups in total. The molecule has 0 saturated carbocycles. The van der Waals surface area contributed by atoms with Crippen LogP contribution in [0.1, 0.15) is 12.5 Å². The lowest BCUT2D eigenvalue weighted by molar-refractivity contribution is -0.0191. The van der Waals surface area contributed by atoms with Gasteiger partial charge in [0.15, 0.2) is 0 Å². The molecule has 0 amide bonds. The van der Waals surface area contributed by atoms with E-state index in [9.17, 15) is 0 Å². The third kappa shape index (κ3) is 3.37. The number of nitrogens with zero attached hydrogens (tertiary/aromatic N) is 1. The lowest BCUT2D eigenvalue weighted by Gasteiger charge is -2.32. The topological polar surface area (TPSA) is 50.5 Å². The maximum Gasteiger partial charge on any atom is 0.0874 e. The molecule has 0 spiro atoms. The van der Waals surface area contributed by atoms with E-state index in [0.29, 0.717) is 0 Å². The smallest absolute Gasteiger partial charge is 0.0874 e. The molecule has 1 unspecified atom stereocenters. The molecule has 0 aromatic heterocycles. The Kier molecular flexibility index (Phi) is 4.44. The van der Waals surface area contributed by atoms with Crippen LogP contribution >= 0.6 is 0 Å². The molecule has 2 rings (SSSR count). The monoisotopic (exact) mass is 249 g/mol. The molecule has 0 bridgehead atoms. The quantitative estimate of drug-likeness (QED) is 0.798. The highest BCUT2D eigenvalue weighted by atomic mass is 16.5. The number of hydrogen-bond donors (Lipinski definition) is 2. The number of anilines is 2. The molecular weight excluding hydrogens is 226 g/mol. The van der Waals surface area contributed by atoms with Gasteiger partial charge >= 0.3 is 0 Å². The standard InChI is InChI=1S/C14H23N3O/c1-3-17-6-7-18-13(10-17)9-16-14-8-12(15)5-4-11(14)2/h4-5,8,13,16H,3,6-7,9-10,15H2,1-2H3. The average Bonchev–Trinajstić information content (AvgIpc) is 2.40. The van der Waals surface area contributed by atoms with Gasteiger partial charge < -0.3 is 15.8 Å². The maximum atomic E-state index is 5.80. The van der Waals surface area contributed by atoms with E-state index in [1.165, 1.54) is 5.56 Å². The highest BCUT2D eigenvalue weighted by Gasteiger charge is 2.18. The van der Waals surface area contributed by atoms with Crippen LogP contribution in [0.15, 0.2) is 18.2 Å². The van der Waals surface area contributed by atoms with Crippen LogP contribution in [0.4, 0.5) is 11.4 Å². The number of rotatable bonds is 4. The summed E-state index contributed by atoms with van der Waals surface area (Å²) in [7, 11) is 0. The van der Waals surface area contributed by atoms with E-state index in [1.54, 1.807) is 0 Å². The van der Waals surface area contributed by atoms with Gasteiger partial charge in [0, 0.05) is 31.0 Å². The molecule has 0 radical (unpaired) electrons. The van der Waals surface area contributed by atoms with Crippen molar-refractivity contribution in [1.29, 1.82) is 0 Å². The highest BCUT2D eigenvalue weighted by molar-refractivity contribution is 5.59. The number of nitrogen functional groups attached to an aromatic ring is 1. The lowest BCUT2D eigenvalue weighted by atomic mass is 10.1. The molecule has 1 aliphatic heterocycles. The maximum absolute atomic E-state index is 5.80. The van der Waals surface area contributed by atoms with Gasteiger partial charge in [-0.2, -0.15) is 0 Å². The van der Waals surface area contributed by atoms with Crippen LogP contribution in [0.25, 0.3) is 0 Å². The largest absolute Gasteiger partial charge is 0.399 e. The fraction of sp³-hybridized carbons (Fsp3) is 0.571. The second kappa shape index (κ2) is 6.07. The van der Waals surface area contributed by atoms with Crippen molar-refractivity contribution in [2.75, 3.05) is 43.8 Å². The summed E-state index contributed by atoms with van der Waals surface area (Å²) in [6.07, 6.45) is 0.263. The predicted molar refractivity (Wildman–Crippen MR) is 75.9 cm³/mol. The van der Waals surface area contributed by atoms with Gasteiger partial charge in [-0.15, -0.1) is 0 Å². The van der Waals surface area contributed by atoms with Gasteiger partial charge in [-0.3, -0.25) is 4.90 Å². The number of nitrogens with two attached hydrogens (primary N) is 1. The normalized spacial score (nSPS) is 20.9. The summed E-state index contributed by atoms with van der Waals surface area (Å²) in [6, 6.07) is 5.95. The zero-order valence-corrected chi connectivity index (χ0v) is 11.3. The summed E-state index contributed by atoms with van der Waals surface area (Å²) in [5.74, 6) is 0. The Morgan fingerprint density at radius 2 is 2.33 bits per heavy atom.